The number of unbranched alkanes of at least 4 members (excludes halogenated alkanes) is 9. The lowest BCUT2D eigenvalue weighted by molar-refractivity contribution is -0.923. The van der Waals surface area contributed by atoms with Crippen molar-refractivity contribution in [3.05, 3.63) is 0 Å². The van der Waals surface area contributed by atoms with Crippen molar-refractivity contribution in [1.29, 1.82) is 0 Å². The molecule has 0 aromatic heterocycles. The maximum atomic E-state index is 9.79. The molecule has 0 aliphatic rings. The number of hydrogen-bond acceptors (Lipinski definition) is 2. The van der Waals surface area contributed by atoms with Crippen molar-refractivity contribution in [3.63, 3.8) is 0 Å². The molecule has 5 heteroatoms. The minimum atomic E-state index is -3.67. The van der Waals surface area contributed by atoms with E-state index >= 15 is 0 Å². The standard InChI is InChI=1S/C18H40N.C3H8O3S/c1-5-9-10-11-12-13-14-15-16-17-18-19(6-2,7-3)8-4;1-2-3-7(4,5)6/h5-18H2,1-4H3;2-3H2,1H3,(H,4,5,6)/q+1;. The van der Waals surface area contributed by atoms with Gasteiger partial charge in [0.1, 0.15) is 0 Å². The second-order valence-electron chi connectivity index (χ2n) is 7.48. The van der Waals surface area contributed by atoms with E-state index in [1.54, 1.807) is 6.92 Å². The van der Waals surface area contributed by atoms with Crippen molar-refractivity contribution in [3.8, 4) is 0 Å². The molecule has 0 aromatic rings. The fourth-order valence-corrected chi connectivity index (χ4v) is 3.85. The summed E-state index contributed by atoms with van der Waals surface area (Å²) >= 11 is 0. The fraction of sp³-hybridized carbons (Fsp3) is 1.00. The number of hydrogen-bond donors (Lipinski definition) is 1. The Hall–Kier alpha value is -0.130. The molecular weight excluding hydrogens is 346 g/mol. The van der Waals surface area contributed by atoms with Crippen LogP contribution in [0.25, 0.3) is 0 Å². The van der Waals surface area contributed by atoms with Gasteiger partial charge in [-0.15, -0.1) is 0 Å². The molecule has 0 radical (unpaired) electrons. The zero-order chi connectivity index (χ0) is 20.3. The summed E-state index contributed by atoms with van der Waals surface area (Å²) in [6, 6.07) is 0. The molecule has 160 valence electrons. The third-order valence-corrected chi connectivity index (χ3v) is 6.38. The van der Waals surface area contributed by atoms with Gasteiger partial charge in [-0.1, -0.05) is 65.2 Å². The molecule has 0 aromatic carbocycles. The van der Waals surface area contributed by atoms with Crippen molar-refractivity contribution in [2.24, 2.45) is 0 Å². The Bertz CT molecular complexity index is 370. The van der Waals surface area contributed by atoms with E-state index < -0.39 is 10.1 Å². The van der Waals surface area contributed by atoms with Crippen LogP contribution in [0.3, 0.4) is 0 Å². The number of quaternary nitrogens is 1. The maximum Gasteiger partial charge on any atom is 0.264 e. The average Bonchev–Trinajstić information content (AvgIpc) is 2.60. The first-order chi connectivity index (χ1) is 12.3. The average molecular weight is 395 g/mol. The Labute approximate surface area is 165 Å². The molecular formula is C21H48NO3S+. The summed E-state index contributed by atoms with van der Waals surface area (Å²) in [6.45, 7) is 16.4. The van der Waals surface area contributed by atoms with Gasteiger partial charge in [0, 0.05) is 0 Å². The van der Waals surface area contributed by atoms with Gasteiger partial charge in [0.15, 0.2) is 0 Å². The van der Waals surface area contributed by atoms with Crippen LogP contribution in [0.4, 0.5) is 0 Å². The van der Waals surface area contributed by atoms with Gasteiger partial charge in [0.2, 0.25) is 0 Å². The van der Waals surface area contributed by atoms with E-state index in [0.717, 1.165) is 0 Å². The second kappa shape index (κ2) is 18.2. The maximum absolute atomic E-state index is 9.79. The lowest BCUT2D eigenvalue weighted by Gasteiger charge is -2.35. The largest absolute Gasteiger partial charge is 0.324 e. The van der Waals surface area contributed by atoms with Crippen molar-refractivity contribution >= 4 is 10.1 Å². The molecule has 0 rings (SSSR count). The van der Waals surface area contributed by atoms with Gasteiger partial charge in [-0.2, -0.15) is 8.42 Å². The Balaban J connectivity index is 0. The van der Waals surface area contributed by atoms with Gasteiger partial charge in [0.05, 0.1) is 31.9 Å². The van der Waals surface area contributed by atoms with Crippen LogP contribution in [0.2, 0.25) is 0 Å². The molecule has 4 nitrogen and oxygen atoms in total. The molecule has 1 N–H and O–H groups in total. The molecule has 0 aliphatic heterocycles. The molecule has 0 atom stereocenters. The zero-order valence-corrected chi connectivity index (χ0v) is 19.2. The van der Waals surface area contributed by atoms with Gasteiger partial charge >= 0.3 is 0 Å². The predicted molar refractivity (Wildman–Crippen MR) is 115 cm³/mol. The van der Waals surface area contributed by atoms with E-state index in [4.69, 9.17) is 4.55 Å². The first kappa shape index (κ1) is 28.1. The molecule has 26 heavy (non-hydrogen) atoms. The van der Waals surface area contributed by atoms with E-state index in [1.807, 2.05) is 0 Å². The first-order valence-corrected chi connectivity index (χ1v) is 12.7. The van der Waals surface area contributed by atoms with Crippen molar-refractivity contribution in [2.75, 3.05) is 31.9 Å². The SMILES string of the molecule is CCCCCCCCCCCC[N+](CC)(CC)CC.CCCS(=O)(=O)O. The summed E-state index contributed by atoms with van der Waals surface area (Å²) in [6.07, 6.45) is 15.0. The molecule has 0 saturated carbocycles. The quantitative estimate of drug-likeness (QED) is 0.196. The monoisotopic (exact) mass is 394 g/mol. The van der Waals surface area contributed by atoms with Gasteiger partial charge in [-0.25, -0.2) is 0 Å². The van der Waals surface area contributed by atoms with Crippen LogP contribution in [0.1, 0.15) is 105 Å². The Kier molecular flexibility index (Phi) is 19.7. The van der Waals surface area contributed by atoms with Gasteiger partial charge in [-0.3, -0.25) is 4.55 Å². The highest BCUT2D eigenvalue weighted by Gasteiger charge is 2.19. The summed E-state index contributed by atoms with van der Waals surface area (Å²) in [5, 5.41) is 0. The van der Waals surface area contributed by atoms with Crippen LogP contribution in [-0.4, -0.2) is 49.4 Å². The summed E-state index contributed by atoms with van der Waals surface area (Å²) in [5.41, 5.74) is 0. The van der Waals surface area contributed by atoms with E-state index in [2.05, 4.69) is 27.7 Å². The van der Waals surface area contributed by atoms with Crippen LogP contribution < -0.4 is 0 Å². The van der Waals surface area contributed by atoms with Crippen LogP contribution in [-0.2, 0) is 10.1 Å². The fourth-order valence-electron chi connectivity index (χ4n) is 3.34. The third kappa shape index (κ3) is 18.7. The van der Waals surface area contributed by atoms with Crippen LogP contribution in [0.5, 0.6) is 0 Å². The Morgan fingerprint density at radius 1 is 0.615 bits per heavy atom. The minimum Gasteiger partial charge on any atom is -0.324 e. The smallest absolute Gasteiger partial charge is 0.264 e. The second-order valence-corrected chi connectivity index (χ2v) is 9.05. The third-order valence-electron chi connectivity index (χ3n) is 5.46. The molecule has 0 heterocycles. The molecule has 0 spiro atoms. The number of nitrogens with zero attached hydrogens (tertiary/aromatic N) is 1. The molecule has 0 amide bonds. The van der Waals surface area contributed by atoms with Crippen LogP contribution in [0, 0.1) is 0 Å². The normalized spacial score (nSPS) is 11.9. The summed E-state index contributed by atoms with van der Waals surface area (Å²) in [5.74, 6) is -0.132. The Morgan fingerprint density at radius 3 is 1.27 bits per heavy atom. The van der Waals surface area contributed by atoms with E-state index in [9.17, 15) is 8.42 Å². The molecule has 0 bridgehead atoms. The molecule has 0 aliphatic carbocycles. The summed E-state index contributed by atoms with van der Waals surface area (Å²) < 4.78 is 28.9. The van der Waals surface area contributed by atoms with Crippen LogP contribution in [0.15, 0.2) is 0 Å². The van der Waals surface area contributed by atoms with Crippen LogP contribution >= 0.6 is 0 Å². The van der Waals surface area contributed by atoms with Crippen molar-refractivity contribution in [1.82, 2.24) is 0 Å². The lowest BCUT2D eigenvalue weighted by Crippen LogP contribution is -2.48. The van der Waals surface area contributed by atoms with Crippen molar-refractivity contribution < 1.29 is 17.5 Å². The van der Waals surface area contributed by atoms with E-state index in [1.165, 1.54) is 94.9 Å². The lowest BCUT2D eigenvalue weighted by atomic mass is 10.1. The minimum absolute atomic E-state index is 0.132. The van der Waals surface area contributed by atoms with Crippen molar-refractivity contribution in [2.45, 2.75) is 105 Å². The predicted octanol–water partition coefficient (Wildman–Crippen LogP) is 6.07. The van der Waals surface area contributed by atoms with Gasteiger partial charge < -0.3 is 4.48 Å². The van der Waals surface area contributed by atoms with E-state index in [-0.39, 0.29) is 5.75 Å². The number of rotatable bonds is 16. The van der Waals surface area contributed by atoms with E-state index in [0.29, 0.717) is 6.42 Å². The highest BCUT2D eigenvalue weighted by molar-refractivity contribution is 7.85. The summed E-state index contributed by atoms with van der Waals surface area (Å²) in [7, 11) is -3.67. The highest BCUT2D eigenvalue weighted by Crippen LogP contribution is 2.13. The highest BCUT2D eigenvalue weighted by atomic mass is 32.2. The molecule has 0 saturated heterocycles. The zero-order valence-electron chi connectivity index (χ0n) is 18.4. The van der Waals surface area contributed by atoms with Gasteiger partial charge in [0.25, 0.3) is 10.1 Å². The van der Waals surface area contributed by atoms with Gasteiger partial charge in [-0.05, 0) is 40.0 Å². The first-order valence-electron chi connectivity index (χ1n) is 11.1. The molecule has 0 fully saturated rings. The topological polar surface area (TPSA) is 54.4 Å². The summed E-state index contributed by atoms with van der Waals surface area (Å²) in [4.78, 5) is 0. The molecule has 0 unspecified atom stereocenters. The Morgan fingerprint density at radius 2 is 1.00 bits per heavy atom.